The second-order valence-electron chi connectivity index (χ2n) is 4.94. The molecule has 1 fully saturated rings. The molecule has 1 aliphatic rings. The van der Waals surface area contributed by atoms with Gasteiger partial charge >= 0.3 is 0 Å². The smallest absolute Gasteiger partial charge is 0.252 e. The van der Waals surface area contributed by atoms with E-state index in [9.17, 15) is 8.42 Å². The number of halogens is 1. The Kier molecular flexibility index (Phi) is 4.55. The standard InChI is InChI=1S/C14H13ClN4O2S2/c15-12-3-4-13(22-12)23(20,21)19-8-6-18(7-9-19)14-11(10-16)2-1-5-17-14/h1-5H,6-9H2. The number of hydrogen-bond donors (Lipinski definition) is 0. The zero-order chi connectivity index (χ0) is 16.4. The van der Waals surface area contributed by atoms with Crippen LogP contribution in [0.5, 0.6) is 0 Å². The van der Waals surface area contributed by atoms with Crippen LogP contribution in [0.2, 0.25) is 4.34 Å². The zero-order valence-corrected chi connectivity index (χ0v) is 14.4. The average molecular weight is 369 g/mol. The molecule has 120 valence electrons. The average Bonchev–Trinajstić information content (AvgIpc) is 3.02. The second kappa shape index (κ2) is 6.45. The highest BCUT2D eigenvalue weighted by molar-refractivity contribution is 7.91. The van der Waals surface area contributed by atoms with Crippen LogP contribution >= 0.6 is 22.9 Å². The maximum Gasteiger partial charge on any atom is 0.252 e. The van der Waals surface area contributed by atoms with Crippen LogP contribution in [-0.4, -0.2) is 43.9 Å². The number of hydrogen-bond acceptors (Lipinski definition) is 6. The van der Waals surface area contributed by atoms with Crippen LogP contribution < -0.4 is 4.90 Å². The van der Waals surface area contributed by atoms with E-state index >= 15 is 0 Å². The van der Waals surface area contributed by atoms with Crippen LogP contribution in [0, 0.1) is 11.3 Å². The minimum atomic E-state index is -3.51. The highest BCUT2D eigenvalue weighted by Crippen LogP contribution is 2.29. The lowest BCUT2D eigenvalue weighted by Crippen LogP contribution is -2.49. The molecule has 3 rings (SSSR count). The highest BCUT2D eigenvalue weighted by atomic mass is 35.5. The molecule has 1 saturated heterocycles. The van der Waals surface area contributed by atoms with E-state index in [0.717, 1.165) is 11.3 Å². The summed E-state index contributed by atoms with van der Waals surface area (Å²) in [4.78, 5) is 6.18. The molecule has 3 heterocycles. The van der Waals surface area contributed by atoms with Gasteiger partial charge in [-0.05, 0) is 24.3 Å². The Bertz CT molecular complexity index is 852. The molecule has 0 atom stereocenters. The predicted octanol–water partition coefficient (Wildman–Crippen LogP) is 2.18. The van der Waals surface area contributed by atoms with Gasteiger partial charge in [-0.15, -0.1) is 11.3 Å². The molecular formula is C14H13ClN4O2S2. The summed E-state index contributed by atoms with van der Waals surface area (Å²) >= 11 is 6.89. The van der Waals surface area contributed by atoms with Gasteiger partial charge in [0.05, 0.1) is 9.90 Å². The zero-order valence-electron chi connectivity index (χ0n) is 12.0. The minimum Gasteiger partial charge on any atom is -0.353 e. The van der Waals surface area contributed by atoms with Crippen LogP contribution in [0.3, 0.4) is 0 Å². The van der Waals surface area contributed by atoms with Crippen LogP contribution in [0.1, 0.15) is 5.56 Å². The minimum absolute atomic E-state index is 0.256. The van der Waals surface area contributed by atoms with Gasteiger partial charge in [-0.25, -0.2) is 13.4 Å². The molecule has 0 N–H and O–H groups in total. The number of thiophene rings is 1. The predicted molar refractivity (Wildman–Crippen MR) is 89.3 cm³/mol. The Hall–Kier alpha value is -1.66. The van der Waals surface area contributed by atoms with Gasteiger partial charge in [-0.1, -0.05) is 11.6 Å². The third-order valence-corrected chi connectivity index (χ3v) is 7.19. The molecule has 0 saturated carbocycles. The van der Waals surface area contributed by atoms with Gasteiger partial charge in [0.2, 0.25) is 0 Å². The Morgan fingerprint density at radius 2 is 1.96 bits per heavy atom. The van der Waals surface area contributed by atoms with E-state index in [1.54, 1.807) is 24.4 Å². The van der Waals surface area contributed by atoms with Crippen molar-refractivity contribution in [3.8, 4) is 6.07 Å². The number of pyridine rings is 1. The molecule has 0 bridgehead atoms. The first kappa shape index (κ1) is 16.2. The summed E-state index contributed by atoms with van der Waals surface area (Å²) in [5.74, 6) is 0.603. The molecule has 0 unspecified atom stereocenters. The van der Waals surface area contributed by atoms with E-state index in [0.29, 0.717) is 41.9 Å². The van der Waals surface area contributed by atoms with Crippen molar-refractivity contribution in [2.75, 3.05) is 31.1 Å². The van der Waals surface area contributed by atoms with Crippen LogP contribution in [0.4, 0.5) is 5.82 Å². The molecule has 2 aromatic rings. The van der Waals surface area contributed by atoms with Crippen molar-refractivity contribution >= 4 is 38.8 Å². The molecule has 0 aliphatic carbocycles. The third kappa shape index (κ3) is 3.19. The van der Waals surface area contributed by atoms with Crippen molar-refractivity contribution < 1.29 is 8.42 Å². The lowest BCUT2D eigenvalue weighted by atomic mass is 10.2. The molecule has 0 aromatic carbocycles. The molecule has 6 nitrogen and oxygen atoms in total. The van der Waals surface area contributed by atoms with Gasteiger partial charge in [-0.2, -0.15) is 9.57 Å². The van der Waals surface area contributed by atoms with Crippen LogP contribution in [0.15, 0.2) is 34.7 Å². The normalized spacial score (nSPS) is 16.3. The number of aromatic nitrogens is 1. The van der Waals surface area contributed by atoms with Gasteiger partial charge in [0.1, 0.15) is 16.1 Å². The second-order valence-corrected chi connectivity index (χ2v) is 8.82. The maximum atomic E-state index is 12.6. The van der Waals surface area contributed by atoms with Crippen molar-refractivity contribution in [3.05, 3.63) is 40.4 Å². The van der Waals surface area contributed by atoms with E-state index in [4.69, 9.17) is 16.9 Å². The first-order valence-corrected chi connectivity index (χ1v) is 9.51. The quantitative estimate of drug-likeness (QED) is 0.829. The van der Waals surface area contributed by atoms with Gasteiger partial charge in [0, 0.05) is 32.4 Å². The van der Waals surface area contributed by atoms with Gasteiger partial charge in [0.15, 0.2) is 0 Å². The van der Waals surface area contributed by atoms with E-state index in [1.165, 1.54) is 10.4 Å². The molecule has 1 aliphatic heterocycles. The lowest BCUT2D eigenvalue weighted by molar-refractivity contribution is 0.384. The lowest BCUT2D eigenvalue weighted by Gasteiger charge is -2.34. The number of piperazine rings is 1. The van der Waals surface area contributed by atoms with Crippen molar-refractivity contribution in [1.82, 2.24) is 9.29 Å². The van der Waals surface area contributed by atoms with E-state index in [1.807, 2.05) is 4.90 Å². The Morgan fingerprint density at radius 1 is 1.22 bits per heavy atom. The monoisotopic (exact) mass is 368 g/mol. The molecule has 0 radical (unpaired) electrons. The molecule has 0 spiro atoms. The number of nitriles is 1. The Morgan fingerprint density at radius 3 is 2.57 bits per heavy atom. The third-order valence-electron chi connectivity index (χ3n) is 3.59. The van der Waals surface area contributed by atoms with Crippen molar-refractivity contribution in [2.45, 2.75) is 4.21 Å². The largest absolute Gasteiger partial charge is 0.353 e. The summed E-state index contributed by atoms with van der Waals surface area (Å²) in [7, 11) is -3.51. The molecular weight excluding hydrogens is 356 g/mol. The van der Waals surface area contributed by atoms with Crippen LogP contribution in [-0.2, 0) is 10.0 Å². The van der Waals surface area contributed by atoms with E-state index < -0.39 is 10.0 Å². The maximum absolute atomic E-state index is 12.6. The molecule has 9 heteroatoms. The van der Waals surface area contributed by atoms with Crippen molar-refractivity contribution in [2.24, 2.45) is 0 Å². The van der Waals surface area contributed by atoms with E-state index in [-0.39, 0.29) is 4.21 Å². The van der Waals surface area contributed by atoms with Gasteiger partial charge in [0.25, 0.3) is 10.0 Å². The Balaban J connectivity index is 1.75. The Labute approximate surface area is 143 Å². The number of rotatable bonds is 3. The molecule has 23 heavy (non-hydrogen) atoms. The summed E-state index contributed by atoms with van der Waals surface area (Å²) in [5.41, 5.74) is 0.494. The SMILES string of the molecule is N#Cc1cccnc1N1CCN(S(=O)(=O)c2ccc(Cl)s2)CC1. The van der Waals surface area contributed by atoms with Crippen LogP contribution in [0.25, 0.3) is 0 Å². The topological polar surface area (TPSA) is 77.3 Å². The van der Waals surface area contributed by atoms with Crippen molar-refractivity contribution in [1.29, 1.82) is 5.26 Å². The summed E-state index contributed by atoms with van der Waals surface area (Å²) in [6, 6.07) is 8.65. The molecule has 0 amide bonds. The number of sulfonamides is 1. The van der Waals surface area contributed by atoms with E-state index in [2.05, 4.69) is 11.1 Å². The fourth-order valence-electron chi connectivity index (χ4n) is 2.44. The van der Waals surface area contributed by atoms with Crippen molar-refractivity contribution in [3.63, 3.8) is 0 Å². The fraction of sp³-hybridized carbons (Fsp3) is 0.286. The highest BCUT2D eigenvalue weighted by Gasteiger charge is 2.30. The number of nitrogens with zero attached hydrogens (tertiary/aromatic N) is 4. The summed E-state index contributed by atoms with van der Waals surface area (Å²) in [5, 5.41) is 9.15. The molecule has 2 aromatic heterocycles. The summed E-state index contributed by atoms with van der Waals surface area (Å²) < 4.78 is 27.3. The summed E-state index contributed by atoms with van der Waals surface area (Å²) in [6.45, 7) is 1.67. The van der Waals surface area contributed by atoms with Gasteiger partial charge < -0.3 is 4.90 Å². The summed E-state index contributed by atoms with van der Waals surface area (Å²) in [6.07, 6.45) is 1.63. The first-order valence-electron chi connectivity index (χ1n) is 6.88. The number of anilines is 1. The first-order chi connectivity index (χ1) is 11.0. The van der Waals surface area contributed by atoms with Gasteiger partial charge in [-0.3, -0.25) is 0 Å². The fourth-order valence-corrected chi connectivity index (χ4v) is 5.50.